The minimum Gasteiger partial charge on any atom is -0.492 e. The maximum Gasteiger partial charge on any atom is 0.159 e. The molecule has 0 unspecified atom stereocenters. The van der Waals surface area contributed by atoms with E-state index in [9.17, 15) is 4.39 Å². The molecule has 5 aromatic heterocycles. The lowest BCUT2D eigenvalue weighted by Gasteiger charge is -2.12. The lowest BCUT2D eigenvalue weighted by Crippen LogP contribution is -2.19. The summed E-state index contributed by atoms with van der Waals surface area (Å²) in [5.74, 6) is 0.592. The predicted octanol–water partition coefficient (Wildman–Crippen LogP) is 5.99. The van der Waals surface area contributed by atoms with Crippen LogP contribution in [0.25, 0.3) is 56.0 Å². The predicted molar refractivity (Wildman–Crippen MR) is 176 cm³/mol. The molecule has 11 heteroatoms. The minimum atomic E-state index is -0.407. The number of fused-ring (bicyclic) bond motifs is 2. The van der Waals surface area contributed by atoms with Gasteiger partial charge in [0.15, 0.2) is 5.82 Å². The average molecular weight is 614 g/mol. The van der Waals surface area contributed by atoms with E-state index >= 15 is 0 Å². The van der Waals surface area contributed by atoms with Crippen molar-refractivity contribution in [2.45, 2.75) is 13.1 Å². The van der Waals surface area contributed by atoms with Gasteiger partial charge in [-0.3, -0.25) is 20.1 Å². The molecule has 46 heavy (non-hydrogen) atoms. The highest BCUT2D eigenvalue weighted by Crippen LogP contribution is 2.33. The van der Waals surface area contributed by atoms with Crippen LogP contribution in [0.4, 0.5) is 4.39 Å². The van der Waals surface area contributed by atoms with Crippen molar-refractivity contribution in [3.8, 4) is 39.8 Å². The Morgan fingerprint density at radius 3 is 2.59 bits per heavy atom. The number of benzene rings is 2. The summed E-state index contributed by atoms with van der Waals surface area (Å²) in [5.41, 5.74) is 7.85. The van der Waals surface area contributed by atoms with Crippen molar-refractivity contribution in [1.29, 1.82) is 0 Å². The SMILES string of the molecule is CN(C)CCOc1cc(F)cc(-c2nccc3[nH]c(-c4n[nH]c5cnc(-c6cncc(CNCc7ccccc7)c6)cc45)nc23)c1. The van der Waals surface area contributed by atoms with Crippen LogP contribution in [-0.4, -0.2) is 67.3 Å². The van der Waals surface area contributed by atoms with Crippen LogP contribution in [0.1, 0.15) is 11.1 Å². The molecule has 2 aromatic carbocycles. The minimum absolute atomic E-state index is 0.407. The third kappa shape index (κ3) is 6.32. The van der Waals surface area contributed by atoms with Crippen molar-refractivity contribution in [3.05, 3.63) is 108 Å². The Bertz CT molecular complexity index is 2120. The van der Waals surface area contributed by atoms with Gasteiger partial charge in [0.05, 0.1) is 28.6 Å². The van der Waals surface area contributed by atoms with Crippen molar-refractivity contribution in [2.24, 2.45) is 0 Å². The summed E-state index contributed by atoms with van der Waals surface area (Å²) in [5, 5.41) is 12.0. The quantitative estimate of drug-likeness (QED) is 0.163. The maximum atomic E-state index is 14.7. The highest BCUT2D eigenvalue weighted by molar-refractivity contribution is 5.96. The second-order valence-electron chi connectivity index (χ2n) is 11.3. The number of halogens is 1. The lowest BCUT2D eigenvalue weighted by molar-refractivity contribution is 0.260. The van der Waals surface area contributed by atoms with E-state index in [0.29, 0.717) is 53.7 Å². The van der Waals surface area contributed by atoms with Crippen LogP contribution >= 0.6 is 0 Å². The van der Waals surface area contributed by atoms with Crippen LogP contribution in [0.15, 0.2) is 91.5 Å². The van der Waals surface area contributed by atoms with Gasteiger partial charge < -0.3 is 19.9 Å². The Labute approximate surface area is 264 Å². The summed E-state index contributed by atoms with van der Waals surface area (Å²) in [6.07, 6.45) is 7.12. The van der Waals surface area contributed by atoms with Crippen LogP contribution in [0.2, 0.25) is 0 Å². The fourth-order valence-corrected chi connectivity index (χ4v) is 5.31. The van der Waals surface area contributed by atoms with Gasteiger partial charge in [-0.2, -0.15) is 5.10 Å². The summed E-state index contributed by atoms with van der Waals surface area (Å²) < 4.78 is 20.5. The standard InChI is InChI=1S/C35H32FN9O/c1-45(2)10-11-46-27-14-24(13-26(36)15-27)32-34-29(8-9-39-32)41-35(42-34)33-28-16-30(40-21-31(28)43-44-33)25-12-23(19-38-20-25)18-37-17-22-6-4-3-5-7-22/h3-9,12-16,19-21,37H,10-11,17-18H2,1-2H3,(H,41,42)(H,43,44). The van der Waals surface area contributed by atoms with Crippen LogP contribution in [0.3, 0.4) is 0 Å². The first-order chi connectivity index (χ1) is 22.5. The highest BCUT2D eigenvalue weighted by Gasteiger charge is 2.18. The molecule has 3 N–H and O–H groups in total. The largest absolute Gasteiger partial charge is 0.492 e. The van der Waals surface area contributed by atoms with Crippen molar-refractivity contribution in [2.75, 3.05) is 27.2 Å². The number of aromatic nitrogens is 7. The Morgan fingerprint density at radius 2 is 1.72 bits per heavy atom. The molecule has 10 nitrogen and oxygen atoms in total. The first-order valence-electron chi connectivity index (χ1n) is 15.0. The monoisotopic (exact) mass is 613 g/mol. The van der Waals surface area contributed by atoms with E-state index in [4.69, 9.17) is 9.72 Å². The molecule has 0 amide bonds. The maximum absolute atomic E-state index is 14.7. The number of likely N-dealkylation sites (N-methyl/N-ethyl adjacent to an activating group) is 1. The number of aromatic amines is 2. The van der Waals surface area contributed by atoms with Gasteiger partial charge in [0, 0.05) is 60.8 Å². The molecule has 7 rings (SSSR count). The van der Waals surface area contributed by atoms with Crippen LogP contribution in [0, 0.1) is 5.82 Å². The van der Waals surface area contributed by atoms with E-state index in [-0.39, 0.29) is 0 Å². The van der Waals surface area contributed by atoms with Gasteiger partial charge in [-0.15, -0.1) is 0 Å². The summed E-state index contributed by atoms with van der Waals surface area (Å²) in [4.78, 5) is 24.0. The molecule has 0 spiro atoms. The molecule has 0 bridgehead atoms. The fourth-order valence-electron chi connectivity index (χ4n) is 5.31. The van der Waals surface area contributed by atoms with E-state index in [1.165, 1.54) is 17.7 Å². The van der Waals surface area contributed by atoms with Gasteiger partial charge in [-0.25, -0.2) is 9.37 Å². The molecule has 7 aromatic rings. The number of nitrogens with one attached hydrogen (secondary N) is 3. The van der Waals surface area contributed by atoms with Crippen molar-refractivity contribution >= 4 is 21.9 Å². The molecule has 0 fully saturated rings. The molecule has 0 saturated heterocycles. The number of ether oxygens (including phenoxy) is 1. The van der Waals surface area contributed by atoms with Gasteiger partial charge in [-0.05, 0) is 55.6 Å². The molecule has 0 aliphatic rings. The number of nitrogens with zero attached hydrogens (tertiary/aromatic N) is 6. The van der Waals surface area contributed by atoms with Crippen LogP contribution in [0.5, 0.6) is 5.75 Å². The average Bonchev–Trinajstić information content (AvgIpc) is 3.69. The Balaban J connectivity index is 1.17. The number of hydrogen-bond donors (Lipinski definition) is 3. The van der Waals surface area contributed by atoms with Crippen molar-refractivity contribution in [3.63, 3.8) is 0 Å². The summed E-state index contributed by atoms with van der Waals surface area (Å²) in [6, 6.07) is 20.8. The summed E-state index contributed by atoms with van der Waals surface area (Å²) in [6.45, 7) is 2.60. The fraction of sp³-hybridized carbons (Fsp3) is 0.171. The van der Waals surface area contributed by atoms with Crippen LogP contribution in [-0.2, 0) is 13.1 Å². The van der Waals surface area contributed by atoms with E-state index < -0.39 is 5.82 Å². The van der Waals surface area contributed by atoms with Gasteiger partial charge in [0.2, 0.25) is 0 Å². The van der Waals surface area contributed by atoms with E-state index in [2.05, 4.69) is 53.6 Å². The van der Waals surface area contributed by atoms with E-state index in [0.717, 1.165) is 39.8 Å². The second kappa shape index (κ2) is 12.8. The second-order valence-corrected chi connectivity index (χ2v) is 11.3. The van der Waals surface area contributed by atoms with Gasteiger partial charge in [0.1, 0.15) is 29.4 Å². The summed E-state index contributed by atoms with van der Waals surface area (Å²) in [7, 11) is 3.92. The van der Waals surface area contributed by atoms with E-state index in [1.54, 1.807) is 18.5 Å². The number of pyridine rings is 3. The summed E-state index contributed by atoms with van der Waals surface area (Å²) >= 11 is 0. The number of imidazole rings is 1. The van der Waals surface area contributed by atoms with Crippen LogP contribution < -0.4 is 10.1 Å². The molecular weight excluding hydrogens is 581 g/mol. The first-order valence-corrected chi connectivity index (χ1v) is 15.0. The molecule has 0 saturated carbocycles. The van der Waals surface area contributed by atoms with Gasteiger partial charge >= 0.3 is 0 Å². The van der Waals surface area contributed by atoms with Gasteiger partial charge in [0.25, 0.3) is 0 Å². The topological polar surface area (TPSA) is 121 Å². The molecule has 5 heterocycles. The van der Waals surface area contributed by atoms with Crippen molar-refractivity contribution in [1.82, 2.24) is 45.3 Å². The molecular formula is C35H32FN9O. The smallest absolute Gasteiger partial charge is 0.159 e. The first kappa shape index (κ1) is 29.2. The molecule has 0 radical (unpaired) electrons. The molecule has 0 atom stereocenters. The zero-order valence-electron chi connectivity index (χ0n) is 25.5. The third-order valence-corrected chi connectivity index (χ3v) is 7.62. The number of rotatable bonds is 11. The third-order valence-electron chi connectivity index (χ3n) is 7.62. The molecule has 0 aliphatic carbocycles. The Kier molecular flexibility index (Phi) is 8.15. The Hall–Kier alpha value is -5.52. The highest BCUT2D eigenvalue weighted by atomic mass is 19.1. The zero-order valence-corrected chi connectivity index (χ0v) is 25.5. The number of H-pyrrole nitrogens is 2. The van der Waals surface area contributed by atoms with Crippen molar-refractivity contribution < 1.29 is 9.13 Å². The Morgan fingerprint density at radius 1 is 0.848 bits per heavy atom. The molecule has 230 valence electrons. The lowest BCUT2D eigenvalue weighted by atomic mass is 10.1. The van der Waals surface area contributed by atoms with Gasteiger partial charge in [-0.1, -0.05) is 30.3 Å². The number of hydrogen-bond acceptors (Lipinski definition) is 8. The zero-order chi connectivity index (χ0) is 31.5. The van der Waals surface area contributed by atoms with E-state index in [1.807, 2.05) is 61.7 Å². The molecule has 0 aliphatic heterocycles. The normalized spacial score (nSPS) is 11.6.